The van der Waals surface area contributed by atoms with Crippen LogP contribution < -0.4 is 10.6 Å². The van der Waals surface area contributed by atoms with Gasteiger partial charge in [-0.1, -0.05) is 54.6 Å². The molecule has 2 rings (SSSR count). The molecule has 2 aromatic carbocycles. The molecule has 0 aliphatic heterocycles. The number of hydrogen-bond donors (Lipinski definition) is 2. The molecule has 0 saturated heterocycles. The summed E-state index contributed by atoms with van der Waals surface area (Å²) in [6.07, 6.45) is 0.349. The minimum atomic E-state index is -1.32. The van der Waals surface area contributed by atoms with Gasteiger partial charge in [-0.25, -0.2) is 14.4 Å². The molecular weight excluding hydrogens is 484 g/mol. The van der Waals surface area contributed by atoms with Crippen molar-refractivity contribution in [2.75, 3.05) is 7.11 Å². The van der Waals surface area contributed by atoms with Crippen LogP contribution in [0.4, 0.5) is 9.59 Å². The second-order valence-corrected chi connectivity index (χ2v) is 11.6. The largest absolute Gasteiger partial charge is 0.467 e. The van der Waals surface area contributed by atoms with Crippen LogP contribution in [-0.2, 0) is 31.8 Å². The van der Waals surface area contributed by atoms with E-state index in [0.717, 1.165) is 16.7 Å². The van der Waals surface area contributed by atoms with Crippen LogP contribution in [-0.4, -0.2) is 42.0 Å². The van der Waals surface area contributed by atoms with Crippen molar-refractivity contribution in [2.45, 2.75) is 90.5 Å². The van der Waals surface area contributed by atoms with Crippen LogP contribution in [0.2, 0.25) is 0 Å². The fraction of sp³-hybridized carbons (Fsp3) is 0.500. The van der Waals surface area contributed by atoms with Gasteiger partial charge in [-0.2, -0.15) is 0 Å². The molecule has 0 radical (unpaired) electrons. The Balaban J connectivity index is 2.18. The van der Waals surface area contributed by atoms with Gasteiger partial charge in [0, 0.05) is 6.42 Å². The maximum Gasteiger partial charge on any atom is 0.408 e. The summed E-state index contributed by atoms with van der Waals surface area (Å²) >= 11 is 0. The molecule has 0 heterocycles. The summed E-state index contributed by atoms with van der Waals surface area (Å²) in [4.78, 5) is 37.6. The maximum absolute atomic E-state index is 12.7. The molecule has 0 aliphatic rings. The molecule has 38 heavy (non-hydrogen) atoms. The number of ether oxygens (including phenoxy) is 3. The van der Waals surface area contributed by atoms with Gasteiger partial charge in [-0.15, -0.1) is 0 Å². The summed E-state index contributed by atoms with van der Waals surface area (Å²) in [7, 11) is 1.29. The molecule has 0 spiro atoms. The van der Waals surface area contributed by atoms with Crippen LogP contribution in [0.25, 0.3) is 0 Å². The minimum Gasteiger partial charge on any atom is -0.467 e. The molecule has 0 saturated carbocycles. The molecule has 2 aromatic rings. The first-order chi connectivity index (χ1) is 17.6. The smallest absolute Gasteiger partial charge is 0.408 e. The van der Waals surface area contributed by atoms with Crippen molar-refractivity contribution in [1.29, 1.82) is 0 Å². The van der Waals surface area contributed by atoms with E-state index in [1.807, 2.05) is 75.4 Å². The van der Waals surface area contributed by atoms with Crippen LogP contribution in [0.5, 0.6) is 0 Å². The van der Waals surface area contributed by atoms with Gasteiger partial charge in [0.2, 0.25) is 0 Å². The fourth-order valence-corrected chi connectivity index (χ4v) is 3.99. The zero-order chi connectivity index (χ0) is 28.6. The number of alkyl carbamates (subject to hydrolysis) is 2. The first kappa shape index (κ1) is 30.7. The van der Waals surface area contributed by atoms with Crippen molar-refractivity contribution in [2.24, 2.45) is 0 Å². The van der Waals surface area contributed by atoms with E-state index in [9.17, 15) is 14.4 Å². The minimum absolute atomic E-state index is 0.213. The van der Waals surface area contributed by atoms with Gasteiger partial charge in [0.25, 0.3) is 0 Å². The van der Waals surface area contributed by atoms with Gasteiger partial charge in [0.15, 0.2) is 0 Å². The Morgan fingerprint density at radius 2 is 1.37 bits per heavy atom. The summed E-state index contributed by atoms with van der Waals surface area (Å²) in [6, 6.07) is 17.3. The second kappa shape index (κ2) is 12.8. The molecule has 0 aromatic heterocycles. The van der Waals surface area contributed by atoms with E-state index in [0.29, 0.717) is 12.8 Å². The van der Waals surface area contributed by atoms with E-state index in [1.54, 1.807) is 27.7 Å². The third kappa shape index (κ3) is 10.4. The van der Waals surface area contributed by atoms with Crippen molar-refractivity contribution >= 4 is 18.2 Å². The van der Waals surface area contributed by atoms with Crippen LogP contribution >= 0.6 is 0 Å². The second-order valence-electron chi connectivity index (χ2n) is 11.6. The maximum atomic E-state index is 12.7. The molecule has 208 valence electrons. The first-order valence-corrected chi connectivity index (χ1v) is 12.8. The number of esters is 1. The highest BCUT2D eigenvalue weighted by Crippen LogP contribution is 2.23. The quantitative estimate of drug-likeness (QED) is 0.312. The van der Waals surface area contributed by atoms with E-state index >= 15 is 0 Å². The predicted octanol–water partition coefficient (Wildman–Crippen LogP) is 5.88. The summed E-state index contributed by atoms with van der Waals surface area (Å²) in [5.41, 5.74) is 0.236. The predicted molar refractivity (Wildman–Crippen MR) is 147 cm³/mol. The lowest BCUT2D eigenvalue weighted by Gasteiger charge is -2.30. The molecule has 0 bridgehead atoms. The monoisotopic (exact) mass is 526 g/mol. The van der Waals surface area contributed by atoms with Gasteiger partial charge in [-0.3, -0.25) is 0 Å². The zero-order valence-electron chi connectivity index (χ0n) is 23.8. The standard InChI is InChI=1S/C30H42N2O6/c1-28(2,3)37-26(34)31-24(23-15-10-9-11-16-23)18-17-21-13-12-14-22(19-21)20-30(7,25(33)36-8)32-27(35)38-29(4,5)6/h9-16,19,24H,17-18,20H2,1-8H3,(H,31,34)(H,32,35). The number of nitrogens with one attached hydrogen (secondary N) is 2. The van der Waals surface area contributed by atoms with Crippen LogP contribution in [0.3, 0.4) is 0 Å². The molecule has 8 heteroatoms. The molecule has 2 amide bonds. The Labute approximate surface area is 226 Å². The summed E-state index contributed by atoms with van der Waals surface area (Å²) in [5.74, 6) is -0.570. The van der Waals surface area contributed by atoms with Crippen molar-refractivity contribution in [3.63, 3.8) is 0 Å². The third-order valence-electron chi connectivity index (χ3n) is 5.58. The Hall–Kier alpha value is -3.55. The first-order valence-electron chi connectivity index (χ1n) is 12.8. The van der Waals surface area contributed by atoms with E-state index in [2.05, 4.69) is 10.6 Å². The summed E-state index contributed by atoms with van der Waals surface area (Å²) < 4.78 is 15.8. The molecule has 2 unspecified atom stereocenters. The molecule has 0 fully saturated rings. The topological polar surface area (TPSA) is 103 Å². The average Bonchev–Trinajstić information content (AvgIpc) is 2.79. The Kier molecular flexibility index (Phi) is 10.3. The van der Waals surface area contributed by atoms with E-state index in [-0.39, 0.29) is 12.5 Å². The van der Waals surface area contributed by atoms with Crippen molar-refractivity contribution in [3.8, 4) is 0 Å². The highest BCUT2D eigenvalue weighted by Gasteiger charge is 2.38. The molecule has 0 aliphatic carbocycles. The highest BCUT2D eigenvalue weighted by molar-refractivity contribution is 5.85. The van der Waals surface area contributed by atoms with Crippen LogP contribution in [0.1, 0.15) is 77.6 Å². The third-order valence-corrected chi connectivity index (χ3v) is 5.58. The zero-order valence-corrected chi connectivity index (χ0v) is 23.8. The van der Waals surface area contributed by atoms with Crippen LogP contribution in [0, 0.1) is 0 Å². The van der Waals surface area contributed by atoms with Gasteiger partial charge in [0.1, 0.15) is 16.7 Å². The van der Waals surface area contributed by atoms with Crippen molar-refractivity contribution in [3.05, 3.63) is 71.3 Å². The Morgan fingerprint density at radius 3 is 1.95 bits per heavy atom. The highest BCUT2D eigenvalue weighted by atomic mass is 16.6. The van der Waals surface area contributed by atoms with Crippen molar-refractivity contribution in [1.82, 2.24) is 10.6 Å². The number of methoxy groups -OCH3 is 1. The number of carbonyl (C=O) groups excluding carboxylic acids is 3. The fourth-order valence-electron chi connectivity index (χ4n) is 3.99. The lowest BCUT2D eigenvalue weighted by molar-refractivity contribution is -0.147. The lowest BCUT2D eigenvalue weighted by Crippen LogP contribution is -2.55. The Morgan fingerprint density at radius 1 is 0.789 bits per heavy atom. The SMILES string of the molecule is COC(=O)C(C)(Cc1cccc(CCC(NC(=O)OC(C)(C)C)c2ccccc2)c1)NC(=O)OC(C)(C)C. The number of carbonyl (C=O) groups is 3. The summed E-state index contributed by atoms with van der Waals surface area (Å²) in [6.45, 7) is 12.4. The number of benzene rings is 2. The van der Waals surface area contributed by atoms with E-state index in [4.69, 9.17) is 14.2 Å². The number of rotatable bonds is 9. The van der Waals surface area contributed by atoms with E-state index in [1.165, 1.54) is 7.11 Å². The Bertz CT molecular complexity index is 1090. The van der Waals surface area contributed by atoms with Gasteiger partial charge >= 0.3 is 18.2 Å². The van der Waals surface area contributed by atoms with Gasteiger partial charge in [-0.05, 0) is 78.0 Å². The molecule has 8 nitrogen and oxygen atoms in total. The van der Waals surface area contributed by atoms with Gasteiger partial charge < -0.3 is 24.8 Å². The number of aryl methyl sites for hydroxylation is 1. The van der Waals surface area contributed by atoms with Gasteiger partial charge in [0.05, 0.1) is 13.2 Å². The molecular formula is C30H42N2O6. The van der Waals surface area contributed by atoms with Crippen LogP contribution in [0.15, 0.2) is 54.6 Å². The number of hydrogen-bond acceptors (Lipinski definition) is 6. The normalized spacial score (nSPS) is 14.0. The molecule has 2 N–H and O–H groups in total. The lowest BCUT2D eigenvalue weighted by atomic mass is 9.91. The molecule has 2 atom stereocenters. The average molecular weight is 527 g/mol. The van der Waals surface area contributed by atoms with Crippen molar-refractivity contribution < 1.29 is 28.6 Å². The number of amides is 2. The summed E-state index contributed by atoms with van der Waals surface area (Å²) in [5, 5.41) is 5.68. The van der Waals surface area contributed by atoms with E-state index < -0.39 is 34.9 Å².